The van der Waals surface area contributed by atoms with Gasteiger partial charge in [-0.25, -0.2) is 4.79 Å². The molecule has 1 aliphatic rings. The van der Waals surface area contributed by atoms with Gasteiger partial charge in [-0.3, -0.25) is 0 Å². The van der Waals surface area contributed by atoms with Crippen LogP contribution in [-0.4, -0.2) is 40.6 Å². The molecule has 0 bridgehead atoms. The van der Waals surface area contributed by atoms with E-state index >= 15 is 0 Å². The summed E-state index contributed by atoms with van der Waals surface area (Å²) in [4.78, 5) is 12.2. The zero-order valence-electron chi connectivity index (χ0n) is 15.4. The number of phenols is 4. The summed E-state index contributed by atoms with van der Waals surface area (Å²) in [6.45, 7) is 0. The fraction of sp³-hybridized carbons (Fsp3) is 0.350. The van der Waals surface area contributed by atoms with Crippen molar-refractivity contribution in [1.29, 1.82) is 0 Å². The van der Waals surface area contributed by atoms with E-state index in [1.54, 1.807) is 0 Å². The van der Waals surface area contributed by atoms with Crippen molar-refractivity contribution >= 4 is 17.6 Å². The summed E-state index contributed by atoms with van der Waals surface area (Å²) >= 11 is 6.27. The molecule has 3 rings (SSSR count). The highest BCUT2D eigenvalue weighted by Gasteiger charge is 2.35. The maximum absolute atomic E-state index is 12.2. The van der Waals surface area contributed by atoms with E-state index in [1.807, 2.05) is 0 Å². The quantitative estimate of drug-likeness (QED) is 0.446. The van der Waals surface area contributed by atoms with E-state index in [4.69, 9.17) is 21.1 Å². The SMILES string of the molecule is COC(=O)c1c(O)cc(O)c(Cl)c1C1CCC(c2cc(O)c(OC)cc2O)C1. The summed E-state index contributed by atoms with van der Waals surface area (Å²) in [6.07, 6.45) is 1.74. The van der Waals surface area contributed by atoms with Gasteiger partial charge in [0.2, 0.25) is 0 Å². The maximum Gasteiger partial charge on any atom is 0.341 e. The van der Waals surface area contributed by atoms with Crippen LogP contribution in [0.1, 0.15) is 52.6 Å². The zero-order valence-corrected chi connectivity index (χ0v) is 16.2. The van der Waals surface area contributed by atoms with Crippen LogP contribution in [0.4, 0.5) is 0 Å². The molecule has 0 radical (unpaired) electrons. The van der Waals surface area contributed by atoms with Gasteiger partial charge in [0, 0.05) is 17.7 Å². The van der Waals surface area contributed by atoms with Gasteiger partial charge in [-0.05, 0) is 42.7 Å². The van der Waals surface area contributed by atoms with Crippen LogP contribution < -0.4 is 4.74 Å². The molecule has 150 valence electrons. The van der Waals surface area contributed by atoms with Gasteiger partial charge in [0.15, 0.2) is 11.5 Å². The van der Waals surface area contributed by atoms with E-state index in [0.717, 1.165) is 6.07 Å². The fourth-order valence-electron chi connectivity index (χ4n) is 3.94. The van der Waals surface area contributed by atoms with Crippen molar-refractivity contribution in [3.05, 3.63) is 39.9 Å². The number of hydrogen-bond acceptors (Lipinski definition) is 7. The largest absolute Gasteiger partial charge is 0.508 e. The predicted octanol–water partition coefficient (Wildman–Crippen LogP) is 4.01. The lowest BCUT2D eigenvalue weighted by atomic mass is 9.89. The Morgan fingerprint density at radius 3 is 2.29 bits per heavy atom. The Morgan fingerprint density at radius 1 is 0.964 bits per heavy atom. The lowest BCUT2D eigenvalue weighted by Gasteiger charge is -2.19. The molecule has 2 unspecified atom stereocenters. The smallest absolute Gasteiger partial charge is 0.341 e. The molecule has 2 aromatic carbocycles. The summed E-state index contributed by atoms with van der Waals surface area (Å²) in [6, 6.07) is 3.83. The molecule has 8 heteroatoms. The van der Waals surface area contributed by atoms with Crippen molar-refractivity contribution < 1.29 is 34.7 Å². The number of carbonyl (C=O) groups is 1. The van der Waals surface area contributed by atoms with Crippen LogP contribution in [0.15, 0.2) is 18.2 Å². The Balaban J connectivity index is 1.99. The zero-order chi connectivity index (χ0) is 20.6. The third-order valence-electron chi connectivity index (χ3n) is 5.26. The van der Waals surface area contributed by atoms with E-state index < -0.39 is 11.7 Å². The molecule has 1 aliphatic carbocycles. The molecular weight excluding hydrogens is 388 g/mol. The van der Waals surface area contributed by atoms with E-state index in [2.05, 4.69) is 0 Å². The first-order valence-corrected chi connectivity index (χ1v) is 9.08. The van der Waals surface area contributed by atoms with Gasteiger partial charge in [-0.2, -0.15) is 0 Å². The molecule has 1 fully saturated rings. The monoisotopic (exact) mass is 408 g/mol. The van der Waals surface area contributed by atoms with Gasteiger partial charge in [-0.15, -0.1) is 0 Å². The molecular formula is C20H21ClO7. The van der Waals surface area contributed by atoms with Crippen molar-refractivity contribution in [2.45, 2.75) is 31.1 Å². The number of carbonyl (C=O) groups excluding carboxylic acids is 1. The third-order valence-corrected chi connectivity index (χ3v) is 5.66. The van der Waals surface area contributed by atoms with Crippen molar-refractivity contribution in [1.82, 2.24) is 0 Å². The molecule has 4 N–H and O–H groups in total. The molecule has 0 aliphatic heterocycles. The van der Waals surface area contributed by atoms with Gasteiger partial charge in [-0.1, -0.05) is 11.6 Å². The summed E-state index contributed by atoms with van der Waals surface area (Å²) in [5.41, 5.74) is 0.810. The molecule has 0 aromatic heterocycles. The predicted molar refractivity (Wildman–Crippen MR) is 102 cm³/mol. The number of benzene rings is 2. The maximum atomic E-state index is 12.2. The van der Waals surface area contributed by atoms with Gasteiger partial charge in [0.25, 0.3) is 0 Å². The molecule has 0 amide bonds. The van der Waals surface area contributed by atoms with Crippen LogP contribution in [0, 0.1) is 0 Å². The van der Waals surface area contributed by atoms with Gasteiger partial charge in [0.1, 0.15) is 22.8 Å². The van der Waals surface area contributed by atoms with E-state index in [9.17, 15) is 25.2 Å². The van der Waals surface area contributed by atoms with Crippen molar-refractivity contribution in [2.75, 3.05) is 14.2 Å². The van der Waals surface area contributed by atoms with Crippen LogP contribution in [0.5, 0.6) is 28.7 Å². The van der Waals surface area contributed by atoms with Gasteiger partial charge >= 0.3 is 5.97 Å². The standard InChI is InChI=1S/C20H21ClO7/c1-27-16-8-12(22)11(6-13(16)23)9-3-4-10(5-9)17-18(20(26)28-2)14(24)7-15(25)19(17)21/h6-10,22-25H,3-5H2,1-2H3. The Bertz CT molecular complexity index is 926. The number of esters is 1. The van der Waals surface area contributed by atoms with E-state index in [-0.39, 0.29) is 45.4 Å². The first kappa shape index (κ1) is 19.9. The number of methoxy groups -OCH3 is 2. The normalized spacial score (nSPS) is 18.8. The minimum atomic E-state index is -0.747. The molecule has 0 heterocycles. The highest BCUT2D eigenvalue weighted by Crippen LogP contribution is 2.52. The Hall–Kier alpha value is -2.80. The molecule has 0 spiro atoms. The number of rotatable bonds is 4. The number of ether oxygens (including phenoxy) is 2. The minimum absolute atomic E-state index is 0.00153. The topological polar surface area (TPSA) is 116 Å². The number of hydrogen-bond donors (Lipinski definition) is 4. The van der Waals surface area contributed by atoms with E-state index in [1.165, 1.54) is 26.4 Å². The number of aromatic hydroxyl groups is 4. The summed E-state index contributed by atoms with van der Waals surface area (Å²) in [5, 5.41) is 40.5. The van der Waals surface area contributed by atoms with Crippen LogP contribution in [-0.2, 0) is 4.74 Å². The lowest BCUT2D eigenvalue weighted by Crippen LogP contribution is -2.10. The Kier molecular flexibility index (Phi) is 5.47. The van der Waals surface area contributed by atoms with Crippen LogP contribution in [0.3, 0.4) is 0 Å². The fourth-order valence-corrected chi connectivity index (χ4v) is 4.24. The second-order valence-corrected chi connectivity index (χ2v) is 7.18. The molecule has 2 aromatic rings. The summed E-state index contributed by atoms with van der Waals surface area (Å²) < 4.78 is 9.75. The molecule has 1 saturated carbocycles. The molecule has 7 nitrogen and oxygen atoms in total. The minimum Gasteiger partial charge on any atom is -0.508 e. The van der Waals surface area contributed by atoms with Crippen LogP contribution in [0.2, 0.25) is 5.02 Å². The summed E-state index contributed by atoms with van der Waals surface area (Å²) in [7, 11) is 2.59. The van der Waals surface area contributed by atoms with Crippen molar-refractivity contribution in [2.24, 2.45) is 0 Å². The lowest BCUT2D eigenvalue weighted by molar-refractivity contribution is 0.0595. The van der Waals surface area contributed by atoms with Crippen molar-refractivity contribution in [3.63, 3.8) is 0 Å². The summed E-state index contributed by atoms with van der Waals surface area (Å²) in [5.74, 6) is -1.76. The first-order chi connectivity index (χ1) is 13.3. The molecule has 2 atom stereocenters. The highest BCUT2D eigenvalue weighted by molar-refractivity contribution is 6.33. The van der Waals surface area contributed by atoms with Crippen LogP contribution >= 0.6 is 11.6 Å². The van der Waals surface area contributed by atoms with Crippen LogP contribution in [0.25, 0.3) is 0 Å². The van der Waals surface area contributed by atoms with Gasteiger partial charge in [0.05, 0.1) is 19.2 Å². The number of halogens is 1. The average molecular weight is 409 g/mol. The third kappa shape index (κ3) is 3.38. The van der Waals surface area contributed by atoms with Gasteiger partial charge < -0.3 is 29.9 Å². The molecule has 0 saturated heterocycles. The second kappa shape index (κ2) is 7.67. The van der Waals surface area contributed by atoms with Crippen molar-refractivity contribution in [3.8, 4) is 28.7 Å². The first-order valence-electron chi connectivity index (χ1n) is 8.70. The second-order valence-electron chi connectivity index (χ2n) is 6.80. The molecule has 28 heavy (non-hydrogen) atoms. The Labute approximate surface area is 166 Å². The Morgan fingerprint density at radius 2 is 1.64 bits per heavy atom. The average Bonchev–Trinajstić information content (AvgIpc) is 3.14. The number of phenolic OH excluding ortho intramolecular Hbond substituents is 4. The highest BCUT2D eigenvalue weighted by atomic mass is 35.5. The van der Waals surface area contributed by atoms with E-state index in [0.29, 0.717) is 30.4 Å².